The number of methoxy groups -OCH3 is 1. The molecule has 1 unspecified atom stereocenters. The molecule has 0 aliphatic carbocycles. The van der Waals surface area contributed by atoms with Crippen molar-refractivity contribution in [2.24, 2.45) is 0 Å². The summed E-state index contributed by atoms with van der Waals surface area (Å²) in [6.07, 6.45) is 0. The van der Waals surface area contributed by atoms with Gasteiger partial charge in [-0.2, -0.15) is 0 Å². The van der Waals surface area contributed by atoms with Gasteiger partial charge in [-0.3, -0.25) is 0 Å². The Kier molecular flexibility index (Phi) is 2.86. The molecular weight excluding hydrogens is 136 g/mol. The van der Waals surface area contributed by atoms with Crippen LogP contribution < -0.4 is 0 Å². The van der Waals surface area contributed by atoms with Gasteiger partial charge in [0.05, 0.1) is 7.11 Å². The smallest absolute Gasteiger partial charge is 0.337 e. The van der Waals surface area contributed by atoms with Crippen molar-refractivity contribution in [3.63, 3.8) is 0 Å². The van der Waals surface area contributed by atoms with E-state index in [9.17, 15) is 4.79 Å². The Bertz CT molecular complexity index is 111. The molecule has 0 bridgehead atoms. The second kappa shape index (κ2) is 2.98. The van der Waals surface area contributed by atoms with E-state index in [4.69, 9.17) is 5.11 Å². The van der Waals surface area contributed by atoms with Gasteiger partial charge in [-0.15, -0.1) is 0 Å². The summed E-state index contributed by atoms with van der Waals surface area (Å²) in [6.45, 7) is 1.38. The quantitative estimate of drug-likeness (QED) is 0.421. The van der Waals surface area contributed by atoms with Crippen molar-refractivity contribution in [1.29, 1.82) is 0 Å². The van der Waals surface area contributed by atoms with Crippen LogP contribution in [0.25, 0.3) is 0 Å². The van der Waals surface area contributed by atoms with Crippen LogP contribution in [0.15, 0.2) is 0 Å². The summed E-state index contributed by atoms with van der Waals surface area (Å²) in [7, 11) is 4.24. The van der Waals surface area contributed by atoms with Crippen LogP contribution in [-0.2, 0) is 9.53 Å². The third-order valence-electron chi connectivity index (χ3n) is 0.969. The first-order valence-electron chi connectivity index (χ1n) is 2.50. The van der Waals surface area contributed by atoms with E-state index in [1.807, 2.05) is 0 Å². The van der Waals surface area contributed by atoms with Gasteiger partial charge in [-0.1, -0.05) is 0 Å². The van der Waals surface area contributed by atoms with E-state index in [1.165, 1.54) is 14.0 Å². The predicted octanol–water partition coefficient (Wildman–Crippen LogP) is -0.503. The summed E-state index contributed by atoms with van der Waals surface area (Å²) in [5.74, 6) is -0.627. The topological polar surface area (TPSA) is 46.5 Å². The molecule has 9 heavy (non-hydrogen) atoms. The van der Waals surface area contributed by atoms with Gasteiger partial charge in [0, 0.05) is 10.2 Å². The van der Waals surface area contributed by atoms with E-state index in [2.05, 4.69) is 15.0 Å². The molecule has 0 saturated carbocycles. The van der Waals surface area contributed by atoms with Crippen molar-refractivity contribution in [1.82, 2.24) is 0 Å². The largest absolute Gasteiger partial charge is 0.467 e. The maximum absolute atomic E-state index is 10.6. The number of carbonyl (C=O) groups is 1. The number of hydrogen-bond donors (Lipinski definition) is 1. The van der Waals surface area contributed by atoms with Crippen LogP contribution in [0.5, 0.6) is 0 Å². The van der Waals surface area contributed by atoms with Gasteiger partial charge < -0.3 is 9.84 Å². The van der Waals surface area contributed by atoms with Gasteiger partial charge >= 0.3 is 5.97 Å². The molecule has 0 aromatic carbocycles. The average molecular weight is 145 g/mol. The highest BCUT2D eigenvalue weighted by atomic mass is 28.1. The molecule has 0 saturated heterocycles. The minimum Gasteiger partial charge on any atom is -0.467 e. The van der Waals surface area contributed by atoms with Crippen LogP contribution in [0.1, 0.15) is 6.92 Å². The van der Waals surface area contributed by atoms with Crippen LogP contribution in [-0.4, -0.2) is 34.0 Å². The number of aliphatic hydroxyl groups is 1. The zero-order valence-electron chi connectivity index (χ0n) is 5.47. The van der Waals surface area contributed by atoms with E-state index >= 15 is 0 Å². The second-order valence-electron chi connectivity index (χ2n) is 1.94. The van der Waals surface area contributed by atoms with Crippen LogP contribution in [0.2, 0.25) is 6.04 Å². The molecule has 0 aromatic heterocycles. The van der Waals surface area contributed by atoms with Gasteiger partial charge in [0.25, 0.3) is 0 Å². The highest BCUT2D eigenvalue weighted by Crippen LogP contribution is 2.08. The van der Waals surface area contributed by atoms with Crippen molar-refractivity contribution in [3.05, 3.63) is 0 Å². The fourth-order valence-corrected chi connectivity index (χ4v) is 0.436. The average Bonchev–Trinajstić information content (AvgIpc) is 1.86. The molecule has 0 aliphatic rings. The van der Waals surface area contributed by atoms with Crippen molar-refractivity contribution in [3.8, 4) is 0 Å². The first-order chi connectivity index (χ1) is 4.04. The zero-order valence-corrected chi connectivity index (χ0v) is 6.47. The van der Waals surface area contributed by atoms with E-state index in [-0.39, 0.29) is 6.04 Å². The summed E-state index contributed by atoms with van der Waals surface area (Å²) in [5.41, 5.74) is -1.40. The Labute approximate surface area is 57.4 Å². The fourth-order valence-electron chi connectivity index (χ4n) is 0.292. The van der Waals surface area contributed by atoms with E-state index in [1.54, 1.807) is 0 Å². The van der Waals surface area contributed by atoms with Crippen LogP contribution in [0.3, 0.4) is 0 Å². The Morgan fingerprint density at radius 2 is 2.33 bits per heavy atom. The lowest BCUT2D eigenvalue weighted by Crippen LogP contribution is -2.35. The van der Waals surface area contributed by atoms with Crippen LogP contribution >= 0.6 is 0 Å². The molecular formula is C5H9O3Si. The van der Waals surface area contributed by atoms with Crippen molar-refractivity contribution < 1.29 is 14.6 Å². The van der Waals surface area contributed by atoms with Crippen LogP contribution in [0.4, 0.5) is 0 Å². The summed E-state index contributed by atoms with van der Waals surface area (Å²) < 4.78 is 4.29. The molecule has 0 rings (SSSR count). The molecule has 0 amide bonds. The normalized spacial score (nSPS) is 16.4. The van der Waals surface area contributed by atoms with Gasteiger partial charge in [0.2, 0.25) is 0 Å². The summed E-state index contributed by atoms with van der Waals surface area (Å²) in [5, 5.41) is 9.07. The van der Waals surface area contributed by atoms with Gasteiger partial charge in [-0.05, 0) is 13.0 Å². The van der Waals surface area contributed by atoms with Crippen molar-refractivity contribution in [2.75, 3.05) is 7.11 Å². The molecule has 4 heteroatoms. The SMILES string of the molecule is COC(=O)C(C)(O)C[Si]. The molecule has 1 N–H and O–H groups in total. The predicted molar refractivity (Wildman–Crippen MR) is 33.2 cm³/mol. The molecule has 0 aliphatic heterocycles. The van der Waals surface area contributed by atoms with Crippen molar-refractivity contribution >= 4 is 16.2 Å². The lowest BCUT2D eigenvalue weighted by molar-refractivity contribution is -0.158. The first-order valence-corrected chi connectivity index (χ1v) is 3.20. The van der Waals surface area contributed by atoms with Gasteiger partial charge in [0.15, 0.2) is 5.60 Å². The Morgan fingerprint density at radius 1 is 1.89 bits per heavy atom. The minimum atomic E-state index is -1.40. The van der Waals surface area contributed by atoms with E-state index < -0.39 is 11.6 Å². The molecule has 1 atom stereocenters. The molecule has 3 radical (unpaired) electrons. The van der Waals surface area contributed by atoms with Crippen molar-refractivity contribution in [2.45, 2.75) is 18.6 Å². The maximum Gasteiger partial charge on any atom is 0.337 e. The third-order valence-corrected chi connectivity index (χ3v) is 1.66. The molecule has 0 aromatic rings. The zero-order chi connectivity index (χ0) is 7.49. The molecule has 3 nitrogen and oxygen atoms in total. The Hall–Kier alpha value is -0.353. The lowest BCUT2D eigenvalue weighted by atomic mass is 10.1. The summed E-state index contributed by atoms with van der Waals surface area (Å²) >= 11 is 0. The van der Waals surface area contributed by atoms with Gasteiger partial charge in [-0.25, -0.2) is 4.79 Å². The van der Waals surface area contributed by atoms with E-state index in [0.717, 1.165) is 0 Å². The monoisotopic (exact) mass is 145 g/mol. The number of rotatable bonds is 2. The molecule has 51 valence electrons. The highest BCUT2D eigenvalue weighted by molar-refractivity contribution is 6.11. The summed E-state index contributed by atoms with van der Waals surface area (Å²) in [6, 6.07) is 0.180. The number of hydrogen-bond acceptors (Lipinski definition) is 3. The number of carbonyl (C=O) groups excluding carboxylic acids is 1. The van der Waals surface area contributed by atoms with Gasteiger partial charge in [0.1, 0.15) is 0 Å². The minimum absolute atomic E-state index is 0.180. The number of ether oxygens (including phenoxy) is 1. The van der Waals surface area contributed by atoms with Crippen LogP contribution in [0, 0.1) is 0 Å². The van der Waals surface area contributed by atoms with E-state index in [0.29, 0.717) is 0 Å². The second-order valence-corrected chi connectivity index (χ2v) is 2.30. The number of esters is 1. The Balaban J connectivity index is 3.97. The third kappa shape index (κ3) is 2.15. The molecule has 0 spiro atoms. The lowest BCUT2D eigenvalue weighted by Gasteiger charge is -2.16. The standard InChI is InChI=1S/C5H9O3Si/c1-5(7,3-9)4(6)8-2/h7H,3H2,1-2H3. The Morgan fingerprint density at radius 3 is 2.44 bits per heavy atom. The summed E-state index contributed by atoms with van der Waals surface area (Å²) in [4.78, 5) is 10.6. The fraction of sp³-hybridized carbons (Fsp3) is 0.800. The first kappa shape index (κ1) is 8.65. The molecule has 0 heterocycles. The molecule has 0 fully saturated rings. The highest BCUT2D eigenvalue weighted by Gasteiger charge is 2.28. The maximum atomic E-state index is 10.6.